The predicted octanol–water partition coefficient (Wildman–Crippen LogP) is 2.08. The minimum absolute atomic E-state index is 0.0217. The van der Waals surface area contributed by atoms with Crippen LogP contribution in [0.1, 0.15) is 17.2 Å². The Morgan fingerprint density at radius 2 is 1.83 bits per heavy atom. The molecular formula is C22H25N3O5. The second-order valence-corrected chi connectivity index (χ2v) is 7.14. The molecule has 2 aromatic rings. The number of Topliss-reactive ketones (excluding diaryl/α,β-unsaturated/α-hetero) is 1. The van der Waals surface area contributed by atoms with Crippen LogP contribution in [0.25, 0.3) is 5.76 Å². The molecule has 1 atom stereocenters. The van der Waals surface area contributed by atoms with Crippen LogP contribution in [-0.4, -0.2) is 73.0 Å². The van der Waals surface area contributed by atoms with Crippen LogP contribution in [0.15, 0.2) is 48.3 Å². The monoisotopic (exact) mass is 411 g/mol. The van der Waals surface area contributed by atoms with Gasteiger partial charge < -0.3 is 24.4 Å². The summed E-state index contributed by atoms with van der Waals surface area (Å²) >= 11 is 0. The van der Waals surface area contributed by atoms with Gasteiger partial charge in [-0.25, -0.2) is 0 Å². The second-order valence-electron chi connectivity index (χ2n) is 7.14. The number of aromatic nitrogens is 1. The molecule has 1 aromatic heterocycles. The summed E-state index contributed by atoms with van der Waals surface area (Å²) in [5.41, 5.74) is 1.02. The predicted molar refractivity (Wildman–Crippen MR) is 111 cm³/mol. The lowest BCUT2D eigenvalue weighted by atomic mass is 9.95. The highest BCUT2D eigenvalue weighted by Gasteiger charge is 2.46. The van der Waals surface area contributed by atoms with Crippen LogP contribution in [0.3, 0.4) is 0 Å². The summed E-state index contributed by atoms with van der Waals surface area (Å²) < 4.78 is 10.6. The van der Waals surface area contributed by atoms with Crippen molar-refractivity contribution >= 4 is 17.4 Å². The first-order valence-corrected chi connectivity index (χ1v) is 9.44. The maximum absolute atomic E-state index is 13.0. The number of carbonyl (C=O) groups is 2. The first-order valence-electron chi connectivity index (χ1n) is 9.44. The smallest absolute Gasteiger partial charge is 0.295 e. The molecule has 158 valence electrons. The number of aliphatic hydroxyl groups is 1. The third kappa shape index (κ3) is 3.99. The van der Waals surface area contributed by atoms with Gasteiger partial charge in [0.05, 0.1) is 31.4 Å². The largest absolute Gasteiger partial charge is 0.507 e. The van der Waals surface area contributed by atoms with Crippen molar-refractivity contribution in [2.24, 2.45) is 0 Å². The van der Waals surface area contributed by atoms with Gasteiger partial charge in [0.2, 0.25) is 0 Å². The van der Waals surface area contributed by atoms with Gasteiger partial charge in [-0.2, -0.15) is 0 Å². The molecule has 8 heteroatoms. The SMILES string of the molecule is COc1ccc(/C(O)=C2\C(=O)C(=O)N(CCN(C)C)C2c2ccncc2)c(OC)c1. The highest BCUT2D eigenvalue weighted by atomic mass is 16.5. The molecule has 1 fully saturated rings. The molecule has 1 unspecified atom stereocenters. The number of likely N-dealkylation sites (N-methyl/N-ethyl adjacent to an activating group) is 1. The van der Waals surface area contributed by atoms with E-state index in [9.17, 15) is 14.7 Å². The van der Waals surface area contributed by atoms with Crippen molar-refractivity contribution in [2.45, 2.75) is 6.04 Å². The van der Waals surface area contributed by atoms with Gasteiger partial charge in [0.15, 0.2) is 0 Å². The molecule has 1 aliphatic heterocycles. The zero-order valence-corrected chi connectivity index (χ0v) is 17.5. The summed E-state index contributed by atoms with van der Waals surface area (Å²) in [6.45, 7) is 0.904. The van der Waals surface area contributed by atoms with E-state index in [2.05, 4.69) is 4.98 Å². The Labute approximate surface area is 175 Å². The molecule has 0 radical (unpaired) electrons. The first-order chi connectivity index (χ1) is 14.4. The van der Waals surface area contributed by atoms with Crippen LogP contribution >= 0.6 is 0 Å². The zero-order chi connectivity index (χ0) is 21.8. The summed E-state index contributed by atoms with van der Waals surface area (Å²) in [5.74, 6) is -0.791. The van der Waals surface area contributed by atoms with Gasteiger partial charge in [0.25, 0.3) is 11.7 Å². The van der Waals surface area contributed by atoms with Gasteiger partial charge >= 0.3 is 0 Å². The van der Waals surface area contributed by atoms with Gasteiger partial charge in [-0.3, -0.25) is 14.6 Å². The summed E-state index contributed by atoms with van der Waals surface area (Å²) in [4.78, 5) is 33.3. The fraction of sp³-hybridized carbons (Fsp3) is 0.318. The van der Waals surface area contributed by atoms with E-state index >= 15 is 0 Å². The van der Waals surface area contributed by atoms with Crippen molar-refractivity contribution in [3.05, 3.63) is 59.4 Å². The van der Waals surface area contributed by atoms with Crippen molar-refractivity contribution in [3.63, 3.8) is 0 Å². The van der Waals surface area contributed by atoms with Crippen LogP contribution < -0.4 is 9.47 Å². The molecule has 0 saturated carbocycles. The van der Waals surface area contributed by atoms with E-state index in [0.717, 1.165) is 0 Å². The number of nitrogens with zero attached hydrogens (tertiary/aromatic N) is 3. The molecule has 0 spiro atoms. The van der Waals surface area contributed by atoms with Gasteiger partial charge in [-0.05, 0) is 43.9 Å². The number of aliphatic hydroxyl groups excluding tert-OH is 1. The molecule has 1 saturated heterocycles. The quantitative estimate of drug-likeness (QED) is 0.424. The number of hydrogen-bond acceptors (Lipinski definition) is 7. The van der Waals surface area contributed by atoms with Gasteiger partial charge in [-0.1, -0.05) is 0 Å². The number of carbonyl (C=O) groups excluding carboxylic acids is 2. The van der Waals surface area contributed by atoms with E-state index in [1.54, 1.807) is 42.7 Å². The fourth-order valence-electron chi connectivity index (χ4n) is 3.45. The second kappa shape index (κ2) is 8.96. The number of benzene rings is 1. The number of amides is 1. The molecule has 2 heterocycles. The minimum Gasteiger partial charge on any atom is -0.507 e. The highest BCUT2D eigenvalue weighted by molar-refractivity contribution is 6.46. The molecule has 0 bridgehead atoms. The lowest BCUT2D eigenvalue weighted by Gasteiger charge is -2.26. The molecule has 30 heavy (non-hydrogen) atoms. The Hall–Kier alpha value is -3.39. The van der Waals surface area contributed by atoms with Crippen LogP contribution in [0.4, 0.5) is 0 Å². The average Bonchev–Trinajstić information content (AvgIpc) is 3.02. The summed E-state index contributed by atoms with van der Waals surface area (Å²) in [7, 11) is 6.76. The minimum atomic E-state index is -0.731. The summed E-state index contributed by atoms with van der Waals surface area (Å²) in [6.07, 6.45) is 3.19. The molecular weight excluding hydrogens is 386 g/mol. The van der Waals surface area contributed by atoms with Gasteiger partial charge in [-0.15, -0.1) is 0 Å². The molecule has 3 rings (SSSR count). The average molecular weight is 411 g/mol. The summed E-state index contributed by atoms with van der Waals surface area (Å²) in [5, 5.41) is 11.1. The van der Waals surface area contributed by atoms with Crippen molar-refractivity contribution in [1.29, 1.82) is 0 Å². The Bertz CT molecular complexity index is 972. The number of hydrogen-bond donors (Lipinski definition) is 1. The molecule has 1 aromatic carbocycles. The van der Waals surface area contributed by atoms with Crippen LogP contribution in [0.5, 0.6) is 11.5 Å². The molecule has 1 aliphatic rings. The number of ether oxygens (including phenoxy) is 2. The normalized spacial score (nSPS) is 18.2. The molecule has 1 amide bonds. The maximum Gasteiger partial charge on any atom is 0.295 e. The van der Waals surface area contributed by atoms with Crippen molar-refractivity contribution in [2.75, 3.05) is 41.4 Å². The van der Waals surface area contributed by atoms with E-state index in [-0.39, 0.29) is 11.3 Å². The van der Waals surface area contributed by atoms with Crippen LogP contribution in [0.2, 0.25) is 0 Å². The van der Waals surface area contributed by atoms with Crippen LogP contribution in [-0.2, 0) is 9.59 Å². The van der Waals surface area contributed by atoms with Crippen molar-refractivity contribution in [1.82, 2.24) is 14.8 Å². The Balaban J connectivity index is 2.17. The molecule has 0 aliphatic carbocycles. The van der Waals surface area contributed by atoms with E-state index in [4.69, 9.17) is 9.47 Å². The summed E-state index contributed by atoms with van der Waals surface area (Å²) in [6, 6.07) is 7.61. The molecule has 8 nitrogen and oxygen atoms in total. The van der Waals surface area contributed by atoms with Gasteiger partial charge in [0, 0.05) is 31.5 Å². The third-order valence-electron chi connectivity index (χ3n) is 5.01. The Morgan fingerprint density at radius 1 is 1.13 bits per heavy atom. The third-order valence-corrected chi connectivity index (χ3v) is 5.01. The Morgan fingerprint density at radius 3 is 2.43 bits per heavy atom. The van der Waals surface area contributed by atoms with Crippen molar-refractivity contribution in [3.8, 4) is 11.5 Å². The lowest BCUT2D eigenvalue weighted by Crippen LogP contribution is -2.35. The maximum atomic E-state index is 13.0. The van der Waals surface area contributed by atoms with Crippen LogP contribution in [0, 0.1) is 0 Å². The highest BCUT2D eigenvalue weighted by Crippen LogP contribution is 2.41. The standard InChI is InChI=1S/C22H25N3O5/c1-24(2)11-12-25-19(14-7-9-23-10-8-14)18(21(27)22(25)28)20(26)16-6-5-15(29-3)13-17(16)30-4/h5-10,13,19,26H,11-12H2,1-4H3/b20-18+. The first kappa shape index (κ1) is 21.3. The van der Waals surface area contributed by atoms with Gasteiger partial charge in [0.1, 0.15) is 17.3 Å². The van der Waals surface area contributed by atoms with Crippen molar-refractivity contribution < 1.29 is 24.2 Å². The lowest BCUT2D eigenvalue weighted by molar-refractivity contribution is -0.140. The van der Waals surface area contributed by atoms with E-state index in [1.807, 2.05) is 19.0 Å². The topological polar surface area (TPSA) is 92.2 Å². The fourth-order valence-corrected chi connectivity index (χ4v) is 3.45. The molecule has 1 N–H and O–H groups in total. The number of methoxy groups -OCH3 is 2. The van der Waals surface area contributed by atoms with E-state index in [1.165, 1.54) is 19.1 Å². The number of pyridine rings is 1. The van der Waals surface area contributed by atoms with E-state index < -0.39 is 17.7 Å². The number of rotatable bonds is 7. The number of likely N-dealkylation sites (tertiary alicyclic amines) is 1. The Kier molecular flexibility index (Phi) is 6.37. The number of ketones is 1. The van der Waals surface area contributed by atoms with E-state index in [0.29, 0.717) is 35.7 Å². The zero-order valence-electron chi connectivity index (χ0n) is 17.5.